The molecule has 5 aromatic rings. The monoisotopic (exact) mass is 529 g/mol. The maximum atomic E-state index is 10.6. The van der Waals surface area contributed by atoms with Crippen molar-refractivity contribution in [2.75, 3.05) is 19.0 Å². The molecule has 6 rings (SSSR count). The van der Waals surface area contributed by atoms with Crippen molar-refractivity contribution in [2.45, 2.75) is 31.1 Å². The van der Waals surface area contributed by atoms with Crippen LogP contribution < -0.4 is 10.1 Å². The number of hydrogen-bond acceptors (Lipinski definition) is 10. The first-order valence-electron chi connectivity index (χ1n) is 12.4. The smallest absolute Gasteiger partial charge is 0.254 e. The molecule has 1 fully saturated rings. The SMILES string of the molecule is COc1ccc(-c2cnn(-c3nc(NCc4ccccc4)c4ncn([C@@H]5O[C@H](CO)[C@@H](O)[C@H]5O)c4n3)c2)cc1. The minimum Gasteiger partial charge on any atom is -0.497 e. The summed E-state index contributed by atoms with van der Waals surface area (Å²) in [6.07, 6.45) is 0.533. The third-order valence-electron chi connectivity index (χ3n) is 6.71. The zero-order chi connectivity index (χ0) is 26.9. The van der Waals surface area contributed by atoms with Crippen molar-refractivity contribution in [3.05, 3.63) is 78.9 Å². The first-order valence-corrected chi connectivity index (χ1v) is 12.4. The van der Waals surface area contributed by atoms with Crippen LogP contribution in [0.1, 0.15) is 11.8 Å². The number of imidazole rings is 1. The molecule has 0 unspecified atom stereocenters. The summed E-state index contributed by atoms with van der Waals surface area (Å²) in [6, 6.07) is 17.5. The number of methoxy groups -OCH3 is 1. The highest BCUT2D eigenvalue weighted by molar-refractivity contribution is 5.83. The predicted molar refractivity (Wildman–Crippen MR) is 141 cm³/mol. The van der Waals surface area contributed by atoms with E-state index in [0.29, 0.717) is 23.5 Å². The molecule has 12 heteroatoms. The number of hydrogen-bond donors (Lipinski definition) is 4. The highest BCUT2D eigenvalue weighted by Crippen LogP contribution is 2.33. The number of nitrogens with zero attached hydrogens (tertiary/aromatic N) is 6. The Bertz CT molecular complexity index is 1570. The standard InChI is InChI=1S/C27H27N7O5/c1-38-19-9-7-17(8-10-19)18-12-30-34(13-18)27-31-24(28-11-16-5-3-2-4-6-16)21-25(32-27)33(15-29-21)26-23(37)22(36)20(14-35)39-26/h2-10,12-13,15,20,22-23,26,35-37H,11,14H2,1H3,(H,28,31,32)/t20-,22-,23-,26-/m1/s1. The van der Waals surface area contributed by atoms with E-state index in [9.17, 15) is 15.3 Å². The summed E-state index contributed by atoms with van der Waals surface area (Å²) in [4.78, 5) is 13.9. The highest BCUT2D eigenvalue weighted by Gasteiger charge is 2.44. The van der Waals surface area contributed by atoms with Crippen LogP contribution in [-0.4, -0.2) is 76.6 Å². The summed E-state index contributed by atoms with van der Waals surface area (Å²) < 4.78 is 14.1. The van der Waals surface area contributed by atoms with Crippen LogP contribution in [0.3, 0.4) is 0 Å². The first-order chi connectivity index (χ1) is 19.1. The lowest BCUT2D eigenvalue weighted by atomic mass is 10.1. The fourth-order valence-corrected chi connectivity index (χ4v) is 4.57. The number of rotatable bonds is 8. The number of anilines is 1. The summed E-state index contributed by atoms with van der Waals surface area (Å²) in [5.41, 5.74) is 3.68. The van der Waals surface area contributed by atoms with E-state index in [0.717, 1.165) is 22.4 Å². The molecule has 4 heterocycles. The molecule has 0 spiro atoms. The van der Waals surface area contributed by atoms with Crippen LogP contribution in [0, 0.1) is 0 Å². The second-order valence-electron chi connectivity index (χ2n) is 9.17. The van der Waals surface area contributed by atoms with Gasteiger partial charge in [-0.05, 0) is 23.3 Å². The minimum absolute atomic E-state index is 0.270. The van der Waals surface area contributed by atoms with E-state index in [1.807, 2.05) is 60.8 Å². The fraction of sp³-hybridized carbons (Fsp3) is 0.259. The van der Waals surface area contributed by atoms with Gasteiger partial charge in [-0.1, -0.05) is 42.5 Å². The largest absolute Gasteiger partial charge is 0.497 e. The van der Waals surface area contributed by atoms with Gasteiger partial charge in [-0.25, -0.2) is 9.67 Å². The summed E-state index contributed by atoms with van der Waals surface area (Å²) in [7, 11) is 1.62. The minimum atomic E-state index is -1.29. The number of nitrogens with one attached hydrogen (secondary N) is 1. The third kappa shape index (κ3) is 4.70. The molecule has 0 aliphatic carbocycles. The van der Waals surface area contributed by atoms with Gasteiger partial charge in [-0.3, -0.25) is 4.57 Å². The van der Waals surface area contributed by atoms with Crippen molar-refractivity contribution < 1.29 is 24.8 Å². The van der Waals surface area contributed by atoms with E-state index >= 15 is 0 Å². The second-order valence-corrected chi connectivity index (χ2v) is 9.17. The Labute approximate surface area is 223 Å². The normalized spacial score (nSPS) is 20.9. The Kier molecular flexibility index (Phi) is 6.67. The zero-order valence-electron chi connectivity index (χ0n) is 21.0. The molecule has 200 valence electrons. The van der Waals surface area contributed by atoms with Crippen LogP contribution >= 0.6 is 0 Å². The molecule has 1 aliphatic rings. The zero-order valence-corrected chi connectivity index (χ0v) is 21.0. The lowest BCUT2D eigenvalue weighted by Gasteiger charge is -2.17. The average Bonchev–Trinajstić information content (AvgIpc) is 3.70. The molecule has 0 amide bonds. The molecule has 0 radical (unpaired) electrons. The predicted octanol–water partition coefficient (Wildman–Crippen LogP) is 1.91. The van der Waals surface area contributed by atoms with E-state index in [2.05, 4.69) is 15.4 Å². The average molecular weight is 530 g/mol. The van der Waals surface area contributed by atoms with E-state index in [4.69, 9.17) is 19.4 Å². The molecule has 4 N–H and O–H groups in total. The van der Waals surface area contributed by atoms with E-state index in [-0.39, 0.29) is 5.95 Å². The van der Waals surface area contributed by atoms with Crippen molar-refractivity contribution >= 4 is 17.0 Å². The first kappa shape index (κ1) is 24.9. The van der Waals surface area contributed by atoms with Crippen molar-refractivity contribution in [3.63, 3.8) is 0 Å². The van der Waals surface area contributed by atoms with Gasteiger partial charge in [0.1, 0.15) is 24.1 Å². The summed E-state index contributed by atoms with van der Waals surface area (Å²) in [5.74, 6) is 1.49. The molecule has 3 aromatic heterocycles. The number of aromatic nitrogens is 6. The lowest BCUT2D eigenvalue weighted by Crippen LogP contribution is -2.33. The van der Waals surface area contributed by atoms with Crippen LogP contribution in [-0.2, 0) is 11.3 Å². The Hall–Kier alpha value is -4.36. The lowest BCUT2D eigenvalue weighted by molar-refractivity contribution is -0.0511. The van der Waals surface area contributed by atoms with Crippen molar-refractivity contribution in [1.82, 2.24) is 29.3 Å². The molecule has 0 bridgehead atoms. The van der Waals surface area contributed by atoms with Gasteiger partial charge in [0.05, 0.1) is 26.2 Å². The Morgan fingerprint density at radius 2 is 1.79 bits per heavy atom. The molecular weight excluding hydrogens is 502 g/mol. The quantitative estimate of drug-likeness (QED) is 0.234. The van der Waals surface area contributed by atoms with E-state index in [1.165, 1.54) is 10.9 Å². The molecule has 2 aromatic carbocycles. The van der Waals surface area contributed by atoms with Crippen molar-refractivity contribution in [2.24, 2.45) is 0 Å². The second kappa shape index (κ2) is 10.4. The van der Waals surface area contributed by atoms with Crippen LogP contribution in [0.25, 0.3) is 28.2 Å². The molecule has 12 nitrogen and oxygen atoms in total. The van der Waals surface area contributed by atoms with Gasteiger partial charge in [-0.2, -0.15) is 15.1 Å². The van der Waals surface area contributed by atoms with Gasteiger partial charge in [0.2, 0.25) is 0 Å². The van der Waals surface area contributed by atoms with E-state index < -0.39 is 31.1 Å². The Morgan fingerprint density at radius 3 is 2.51 bits per heavy atom. The van der Waals surface area contributed by atoms with Crippen LogP contribution in [0.5, 0.6) is 5.75 Å². The third-order valence-corrected chi connectivity index (χ3v) is 6.71. The summed E-state index contributed by atoms with van der Waals surface area (Å²) in [5, 5.41) is 38.3. The summed E-state index contributed by atoms with van der Waals surface area (Å²) in [6.45, 7) is 0.0518. The molecule has 39 heavy (non-hydrogen) atoms. The number of aliphatic hydroxyl groups is 3. The molecular formula is C27H27N7O5. The number of aliphatic hydroxyl groups excluding tert-OH is 3. The van der Waals surface area contributed by atoms with Gasteiger partial charge < -0.3 is 30.1 Å². The molecule has 4 atom stereocenters. The van der Waals surface area contributed by atoms with Gasteiger partial charge in [0.15, 0.2) is 23.2 Å². The maximum absolute atomic E-state index is 10.6. The van der Waals surface area contributed by atoms with Crippen molar-refractivity contribution in [1.29, 1.82) is 0 Å². The van der Waals surface area contributed by atoms with Gasteiger partial charge >= 0.3 is 0 Å². The molecule has 0 saturated carbocycles. The highest BCUT2D eigenvalue weighted by atomic mass is 16.6. The summed E-state index contributed by atoms with van der Waals surface area (Å²) >= 11 is 0. The van der Waals surface area contributed by atoms with E-state index in [1.54, 1.807) is 18.0 Å². The van der Waals surface area contributed by atoms with Gasteiger partial charge in [-0.15, -0.1) is 0 Å². The molecule has 1 aliphatic heterocycles. The fourth-order valence-electron chi connectivity index (χ4n) is 4.57. The van der Waals surface area contributed by atoms with Gasteiger partial charge in [0.25, 0.3) is 5.95 Å². The Morgan fingerprint density at radius 1 is 1.00 bits per heavy atom. The van der Waals surface area contributed by atoms with Crippen LogP contribution in [0.15, 0.2) is 73.3 Å². The van der Waals surface area contributed by atoms with Crippen molar-refractivity contribution in [3.8, 4) is 22.8 Å². The number of benzene rings is 2. The maximum Gasteiger partial charge on any atom is 0.254 e. The Balaban J connectivity index is 1.40. The van der Waals surface area contributed by atoms with Crippen LogP contribution in [0.4, 0.5) is 5.82 Å². The topological polar surface area (TPSA) is 153 Å². The number of ether oxygens (including phenoxy) is 2. The number of fused-ring (bicyclic) bond motifs is 1. The molecule has 1 saturated heterocycles. The van der Waals surface area contributed by atoms with Crippen LogP contribution in [0.2, 0.25) is 0 Å². The van der Waals surface area contributed by atoms with Gasteiger partial charge in [0, 0.05) is 18.3 Å².